The van der Waals surface area contributed by atoms with E-state index in [0.29, 0.717) is 12.3 Å². The third-order valence-corrected chi connectivity index (χ3v) is 3.72. The van der Waals surface area contributed by atoms with Crippen molar-refractivity contribution in [1.29, 1.82) is 0 Å². The Labute approximate surface area is 114 Å². The molecule has 1 fully saturated rings. The Morgan fingerprint density at radius 1 is 1.53 bits per heavy atom. The molecule has 1 atom stereocenters. The second-order valence-electron chi connectivity index (χ2n) is 5.34. The molecule has 5 heteroatoms. The molecule has 0 aromatic carbocycles. The lowest BCUT2D eigenvalue weighted by Gasteiger charge is -2.32. The van der Waals surface area contributed by atoms with Gasteiger partial charge in [0, 0.05) is 31.7 Å². The summed E-state index contributed by atoms with van der Waals surface area (Å²) >= 11 is 0. The van der Waals surface area contributed by atoms with E-state index in [9.17, 15) is 4.79 Å². The highest BCUT2D eigenvalue weighted by Crippen LogP contribution is 2.25. The third-order valence-electron chi connectivity index (χ3n) is 3.72. The number of hydrogen-bond donors (Lipinski definition) is 2. The van der Waals surface area contributed by atoms with Crippen molar-refractivity contribution in [1.82, 2.24) is 4.98 Å². The average Bonchev–Trinajstić information content (AvgIpc) is 2.39. The van der Waals surface area contributed by atoms with Crippen LogP contribution >= 0.6 is 0 Å². The minimum absolute atomic E-state index is 0.0224. The fourth-order valence-electron chi connectivity index (χ4n) is 2.54. The van der Waals surface area contributed by atoms with Crippen molar-refractivity contribution in [3.8, 4) is 0 Å². The summed E-state index contributed by atoms with van der Waals surface area (Å²) in [6, 6.07) is 4.03. The predicted molar refractivity (Wildman–Crippen MR) is 75.6 cm³/mol. The second-order valence-corrected chi connectivity index (χ2v) is 5.34. The molecule has 0 aliphatic carbocycles. The highest BCUT2D eigenvalue weighted by Gasteiger charge is 2.21. The predicted octanol–water partition coefficient (Wildman–Crippen LogP) is 1.19. The van der Waals surface area contributed by atoms with Gasteiger partial charge in [-0.05, 0) is 43.4 Å². The zero-order chi connectivity index (χ0) is 13.8. The lowest BCUT2D eigenvalue weighted by atomic mass is 9.93. The number of nitrogens with two attached hydrogens (primary N) is 2. The first-order chi connectivity index (χ1) is 9.06. The molecular weight excluding hydrogens is 240 g/mol. The van der Waals surface area contributed by atoms with Gasteiger partial charge in [-0.2, -0.15) is 0 Å². The average molecular weight is 262 g/mol. The zero-order valence-corrected chi connectivity index (χ0v) is 11.4. The molecule has 0 bridgehead atoms. The van der Waals surface area contributed by atoms with Crippen LogP contribution in [0.4, 0.5) is 5.82 Å². The number of carbonyl (C=O) groups is 1. The topological polar surface area (TPSA) is 85.2 Å². The summed E-state index contributed by atoms with van der Waals surface area (Å²) in [5.74, 6) is 1.20. The van der Waals surface area contributed by atoms with Crippen molar-refractivity contribution in [3.63, 3.8) is 0 Å². The molecule has 0 saturated carbocycles. The Kier molecular flexibility index (Phi) is 4.37. The molecule has 5 nitrogen and oxygen atoms in total. The maximum absolute atomic E-state index is 10.9. The standard InChI is InChI=1S/C14H22N4O/c1-10(15)12-2-5-17-14(9-12)18-6-3-11(4-7-18)8-13(16)19/h2,5,9-11H,3-4,6-8,15H2,1H3,(H2,16,19). The molecule has 4 N–H and O–H groups in total. The first-order valence-electron chi connectivity index (χ1n) is 6.81. The van der Waals surface area contributed by atoms with E-state index in [-0.39, 0.29) is 11.9 Å². The number of nitrogens with zero attached hydrogens (tertiary/aromatic N) is 2. The highest BCUT2D eigenvalue weighted by molar-refractivity contribution is 5.74. The van der Waals surface area contributed by atoms with Gasteiger partial charge in [-0.1, -0.05) is 0 Å². The Balaban J connectivity index is 1.97. The molecule has 1 unspecified atom stereocenters. The number of anilines is 1. The quantitative estimate of drug-likeness (QED) is 0.853. The summed E-state index contributed by atoms with van der Waals surface area (Å²) < 4.78 is 0. The van der Waals surface area contributed by atoms with Crippen molar-refractivity contribution in [2.24, 2.45) is 17.4 Å². The maximum atomic E-state index is 10.9. The fraction of sp³-hybridized carbons (Fsp3) is 0.571. The first-order valence-corrected chi connectivity index (χ1v) is 6.81. The molecule has 1 aliphatic rings. The molecule has 104 valence electrons. The van der Waals surface area contributed by atoms with Crippen molar-refractivity contribution in [2.45, 2.75) is 32.2 Å². The zero-order valence-electron chi connectivity index (χ0n) is 11.4. The van der Waals surface area contributed by atoms with Gasteiger partial charge in [-0.25, -0.2) is 4.98 Å². The van der Waals surface area contributed by atoms with Crippen LogP contribution in [-0.2, 0) is 4.79 Å². The summed E-state index contributed by atoms with van der Waals surface area (Å²) in [5.41, 5.74) is 12.2. The Hall–Kier alpha value is -1.62. The number of pyridine rings is 1. The monoisotopic (exact) mass is 262 g/mol. The lowest BCUT2D eigenvalue weighted by molar-refractivity contribution is -0.119. The van der Waals surface area contributed by atoms with Crippen LogP contribution in [-0.4, -0.2) is 24.0 Å². The van der Waals surface area contributed by atoms with Gasteiger partial charge in [-0.3, -0.25) is 4.79 Å². The summed E-state index contributed by atoms with van der Waals surface area (Å²) in [4.78, 5) is 17.6. The number of primary amides is 1. The Bertz CT molecular complexity index is 439. The molecule has 1 aliphatic heterocycles. The number of hydrogen-bond acceptors (Lipinski definition) is 4. The van der Waals surface area contributed by atoms with E-state index < -0.39 is 0 Å². The van der Waals surface area contributed by atoms with Gasteiger partial charge < -0.3 is 16.4 Å². The smallest absolute Gasteiger partial charge is 0.217 e. The molecule has 2 rings (SSSR count). The molecular formula is C14H22N4O. The van der Waals surface area contributed by atoms with Crippen LogP contribution in [0.2, 0.25) is 0 Å². The molecule has 0 radical (unpaired) electrons. The van der Waals surface area contributed by atoms with Crippen LogP contribution in [0.3, 0.4) is 0 Å². The normalized spacial score (nSPS) is 18.3. The van der Waals surface area contributed by atoms with Gasteiger partial charge in [0.15, 0.2) is 0 Å². The van der Waals surface area contributed by atoms with Crippen LogP contribution in [0.5, 0.6) is 0 Å². The van der Waals surface area contributed by atoms with Crippen molar-refractivity contribution in [3.05, 3.63) is 23.9 Å². The number of amides is 1. The van der Waals surface area contributed by atoms with Crippen LogP contribution in [0.15, 0.2) is 18.3 Å². The molecule has 1 amide bonds. The minimum Gasteiger partial charge on any atom is -0.370 e. The Morgan fingerprint density at radius 2 is 2.21 bits per heavy atom. The van der Waals surface area contributed by atoms with Crippen molar-refractivity contribution >= 4 is 11.7 Å². The van der Waals surface area contributed by atoms with E-state index in [1.54, 1.807) is 0 Å². The summed E-state index contributed by atoms with van der Waals surface area (Å²) in [6.45, 7) is 3.82. The fourth-order valence-corrected chi connectivity index (χ4v) is 2.54. The van der Waals surface area contributed by atoms with E-state index in [2.05, 4.69) is 16.0 Å². The van der Waals surface area contributed by atoms with Crippen LogP contribution in [0.1, 0.15) is 37.8 Å². The van der Waals surface area contributed by atoms with E-state index >= 15 is 0 Å². The van der Waals surface area contributed by atoms with Crippen LogP contribution < -0.4 is 16.4 Å². The van der Waals surface area contributed by atoms with E-state index in [1.807, 2.05) is 19.2 Å². The third kappa shape index (κ3) is 3.67. The minimum atomic E-state index is -0.199. The van der Waals surface area contributed by atoms with Gasteiger partial charge >= 0.3 is 0 Å². The van der Waals surface area contributed by atoms with Crippen molar-refractivity contribution < 1.29 is 4.79 Å². The van der Waals surface area contributed by atoms with Gasteiger partial charge in [0.25, 0.3) is 0 Å². The van der Waals surface area contributed by atoms with E-state index in [4.69, 9.17) is 11.5 Å². The number of carbonyl (C=O) groups excluding carboxylic acids is 1. The molecule has 1 aromatic heterocycles. The lowest BCUT2D eigenvalue weighted by Crippen LogP contribution is -2.35. The molecule has 2 heterocycles. The number of piperidine rings is 1. The van der Waals surface area contributed by atoms with E-state index in [0.717, 1.165) is 37.3 Å². The van der Waals surface area contributed by atoms with Crippen LogP contribution in [0, 0.1) is 5.92 Å². The van der Waals surface area contributed by atoms with E-state index in [1.165, 1.54) is 0 Å². The van der Waals surface area contributed by atoms with Crippen LogP contribution in [0.25, 0.3) is 0 Å². The SMILES string of the molecule is CC(N)c1ccnc(N2CCC(CC(N)=O)CC2)c1. The van der Waals surface area contributed by atoms with Gasteiger partial charge in [-0.15, -0.1) is 0 Å². The molecule has 0 spiro atoms. The Morgan fingerprint density at radius 3 is 2.79 bits per heavy atom. The molecule has 1 aromatic rings. The largest absolute Gasteiger partial charge is 0.370 e. The van der Waals surface area contributed by atoms with Gasteiger partial charge in [0.2, 0.25) is 5.91 Å². The molecule has 1 saturated heterocycles. The summed E-state index contributed by atoms with van der Waals surface area (Å²) in [7, 11) is 0. The van der Waals surface area contributed by atoms with Crippen molar-refractivity contribution in [2.75, 3.05) is 18.0 Å². The molecule has 19 heavy (non-hydrogen) atoms. The number of rotatable bonds is 4. The first kappa shape index (κ1) is 13.8. The summed E-state index contributed by atoms with van der Waals surface area (Å²) in [6.07, 6.45) is 4.30. The maximum Gasteiger partial charge on any atom is 0.217 e. The summed E-state index contributed by atoms with van der Waals surface area (Å²) in [5, 5.41) is 0. The number of aromatic nitrogens is 1. The van der Waals surface area contributed by atoms with Gasteiger partial charge in [0.1, 0.15) is 5.82 Å². The van der Waals surface area contributed by atoms with Gasteiger partial charge in [0.05, 0.1) is 0 Å². The highest BCUT2D eigenvalue weighted by atomic mass is 16.1. The second kappa shape index (κ2) is 6.02.